The van der Waals surface area contributed by atoms with Crippen molar-refractivity contribution in [2.24, 2.45) is 11.8 Å². The van der Waals surface area contributed by atoms with Crippen molar-refractivity contribution in [3.8, 4) is 0 Å². The third kappa shape index (κ3) is 1.30. The zero-order valence-corrected chi connectivity index (χ0v) is 5.89. The van der Waals surface area contributed by atoms with E-state index in [4.69, 9.17) is 4.74 Å². The number of carbonyl (C=O) groups excluding carboxylic acids is 1. The Morgan fingerprint density at radius 1 is 1.33 bits per heavy atom. The Hall–Kier alpha value is -0.370. The summed E-state index contributed by atoms with van der Waals surface area (Å²) in [6.07, 6.45) is 0. The predicted octanol–water partition coefficient (Wildman–Crippen LogP) is 0.858. The first-order chi connectivity index (χ1) is 4.22. The maximum Gasteiger partial charge on any atom is 0.143 e. The summed E-state index contributed by atoms with van der Waals surface area (Å²) in [7, 11) is 0. The van der Waals surface area contributed by atoms with Crippen LogP contribution in [0.1, 0.15) is 13.8 Å². The summed E-state index contributed by atoms with van der Waals surface area (Å²) < 4.78 is 5.14. The summed E-state index contributed by atoms with van der Waals surface area (Å²) in [5, 5.41) is 0. The standard InChI is InChI=1S/C7H12O2/c1-5-3-9-4-6(2)7(5)8/h5-6H,3-4H2,1-2H3/t5-,6+. The molecule has 0 amide bonds. The summed E-state index contributed by atoms with van der Waals surface area (Å²) in [6.45, 7) is 5.06. The lowest BCUT2D eigenvalue weighted by Gasteiger charge is -2.22. The Bertz CT molecular complexity index is 108. The molecule has 2 heteroatoms. The van der Waals surface area contributed by atoms with Gasteiger partial charge in [0.05, 0.1) is 13.2 Å². The van der Waals surface area contributed by atoms with Crippen molar-refractivity contribution in [3.63, 3.8) is 0 Å². The Morgan fingerprint density at radius 2 is 1.78 bits per heavy atom. The minimum Gasteiger partial charge on any atom is -0.380 e. The van der Waals surface area contributed by atoms with Crippen LogP contribution in [0.5, 0.6) is 0 Å². The second-order valence-electron chi connectivity index (χ2n) is 2.74. The van der Waals surface area contributed by atoms with Crippen molar-refractivity contribution < 1.29 is 9.53 Å². The van der Waals surface area contributed by atoms with Crippen LogP contribution in [0.15, 0.2) is 0 Å². The minimum atomic E-state index is 0.119. The number of hydrogen-bond acceptors (Lipinski definition) is 2. The number of ketones is 1. The lowest BCUT2D eigenvalue weighted by molar-refractivity contribution is -0.135. The predicted molar refractivity (Wildman–Crippen MR) is 34.2 cm³/mol. The molecule has 0 aromatic carbocycles. The zero-order valence-electron chi connectivity index (χ0n) is 5.89. The Balaban J connectivity index is 2.52. The fourth-order valence-electron chi connectivity index (χ4n) is 1.07. The molecular formula is C7H12O2. The molecule has 0 spiro atoms. The van der Waals surface area contributed by atoms with Gasteiger partial charge in [-0.3, -0.25) is 4.79 Å². The van der Waals surface area contributed by atoms with Crippen LogP contribution in [0.3, 0.4) is 0 Å². The van der Waals surface area contributed by atoms with Gasteiger partial charge in [0, 0.05) is 11.8 Å². The van der Waals surface area contributed by atoms with Crippen LogP contribution in [0.25, 0.3) is 0 Å². The summed E-state index contributed by atoms with van der Waals surface area (Å²) in [5.74, 6) is 0.587. The molecule has 2 nitrogen and oxygen atoms in total. The van der Waals surface area contributed by atoms with Gasteiger partial charge in [0.15, 0.2) is 0 Å². The highest BCUT2D eigenvalue weighted by molar-refractivity contribution is 5.83. The number of Topliss-reactive ketones (excluding diaryl/α,β-unsaturated/α-hetero) is 1. The van der Waals surface area contributed by atoms with Crippen molar-refractivity contribution in [1.82, 2.24) is 0 Å². The largest absolute Gasteiger partial charge is 0.380 e. The highest BCUT2D eigenvalue weighted by Crippen LogP contribution is 2.13. The van der Waals surface area contributed by atoms with Gasteiger partial charge in [0.1, 0.15) is 5.78 Å². The van der Waals surface area contributed by atoms with E-state index in [1.807, 2.05) is 13.8 Å². The van der Waals surface area contributed by atoms with Gasteiger partial charge in [-0.15, -0.1) is 0 Å². The Labute approximate surface area is 55.2 Å². The van der Waals surface area contributed by atoms with Crippen LogP contribution in [-0.4, -0.2) is 19.0 Å². The lowest BCUT2D eigenvalue weighted by atomic mass is 9.95. The fraction of sp³-hybridized carbons (Fsp3) is 0.857. The van der Waals surface area contributed by atoms with E-state index in [-0.39, 0.29) is 11.8 Å². The molecular weight excluding hydrogens is 116 g/mol. The van der Waals surface area contributed by atoms with Crippen molar-refractivity contribution in [1.29, 1.82) is 0 Å². The number of ether oxygens (including phenoxy) is 1. The van der Waals surface area contributed by atoms with Crippen molar-refractivity contribution in [2.75, 3.05) is 13.2 Å². The third-order valence-electron chi connectivity index (χ3n) is 1.71. The van der Waals surface area contributed by atoms with E-state index in [1.54, 1.807) is 0 Å². The first-order valence-corrected chi connectivity index (χ1v) is 3.33. The molecule has 9 heavy (non-hydrogen) atoms. The van der Waals surface area contributed by atoms with Crippen LogP contribution >= 0.6 is 0 Å². The van der Waals surface area contributed by atoms with E-state index in [1.165, 1.54) is 0 Å². The molecule has 0 radical (unpaired) electrons. The van der Waals surface area contributed by atoms with Gasteiger partial charge < -0.3 is 4.74 Å². The molecule has 0 aliphatic carbocycles. The molecule has 0 saturated carbocycles. The van der Waals surface area contributed by atoms with Crippen molar-refractivity contribution in [2.45, 2.75) is 13.8 Å². The van der Waals surface area contributed by atoms with E-state index in [2.05, 4.69) is 0 Å². The second kappa shape index (κ2) is 2.48. The van der Waals surface area contributed by atoms with Gasteiger partial charge in [-0.1, -0.05) is 13.8 Å². The van der Waals surface area contributed by atoms with E-state index in [9.17, 15) is 4.79 Å². The monoisotopic (exact) mass is 128 g/mol. The number of carbonyl (C=O) groups is 1. The molecule has 0 aromatic heterocycles. The molecule has 0 aromatic rings. The van der Waals surface area contributed by atoms with E-state index < -0.39 is 0 Å². The topological polar surface area (TPSA) is 26.3 Å². The second-order valence-corrected chi connectivity index (χ2v) is 2.74. The molecule has 0 bridgehead atoms. The maximum atomic E-state index is 11.0. The first-order valence-electron chi connectivity index (χ1n) is 3.33. The fourth-order valence-corrected chi connectivity index (χ4v) is 1.07. The number of hydrogen-bond donors (Lipinski definition) is 0. The Kier molecular flexibility index (Phi) is 1.86. The summed E-state index contributed by atoms with van der Waals surface area (Å²) >= 11 is 0. The highest BCUT2D eigenvalue weighted by Gasteiger charge is 2.24. The molecule has 1 aliphatic heterocycles. The quantitative estimate of drug-likeness (QED) is 0.483. The van der Waals surface area contributed by atoms with Gasteiger partial charge in [-0.2, -0.15) is 0 Å². The van der Waals surface area contributed by atoms with Crippen molar-refractivity contribution in [3.05, 3.63) is 0 Å². The van der Waals surface area contributed by atoms with E-state index in [0.717, 1.165) is 0 Å². The normalized spacial score (nSPS) is 36.9. The van der Waals surface area contributed by atoms with Gasteiger partial charge in [0.25, 0.3) is 0 Å². The molecule has 2 atom stereocenters. The molecule has 1 rings (SSSR count). The van der Waals surface area contributed by atoms with Gasteiger partial charge in [-0.25, -0.2) is 0 Å². The van der Waals surface area contributed by atoms with E-state index in [0.29, 0.717) is 19.0 Å². The zero-order chi connectivity index (χ0) is 6.85. The average molecular weight is 128 g/mol. The molecule has 0 N–H and O–H groups in total. The SMILES string of the molecule is C[C@@H]1COC[C@H](C)C1=O. The molecule has 1 fully saturated rings. The summed E-state index contributed by atoms with van der Waals surface area (Å²) in [4.78, 5) is 11.0. The lowest BCUT2D eigenvalue weighted by Crippen LogP contribution is -2.32. The first kappa shape index (κ1) is 6.75. The van der Waals surface area contributed by atoms with Crippen LogP contribution in [0.2, 0.25) is 0 Å². The smallest absolute Gasteiger partial charge is 0.143 e. The minimum absolute atomic E-state index is 0.119. The average Bonchev–Trinajstić information content (AvgIpc) is 1.83. The van der Waals surface area contributed by atoms with Gasteiger partial charge >= 0.3 is 0 Å². The molecule has 1 aliphatic rings. The van der Waals surface area contributed by atoms with Gasteiger partial charge in [-0.05, 0) is 0 Å². The van der Waals surface area contributed by atoms with E-state index >= 15 is 0 Å². The Morgan fingerprint density at radius 3 is 2.11 bits per heavy atom. The number of rotatable bonds is 0. The van der Waals surface area contributed by atoms with Crippen LogP contribution in [0.4, 0.5) is 0 Å². The van der Waals surface area contributed by atoms with Gasteiger partial charge in [0.2, 0.25) is 0 Å². The molecule has 1 saturated heterocycles. The van der Waals surface area contributed by atoms with Crippen LogP contribution in [-0.2, 0) is 9.53 Å². The molecule has 1 heterocycles. The molecule has 0 unspecified atom stereocenters. The van der Waals surface area contributed by atoms with Crippen LogP contribution < -0.4 is 0 Å². The third-order valence-corrected chi connectivity index (χ3v) is 1.71. The maximum absolute atomic E-state index is 11.0. The van der Waals surface area contributed by atoms with Crippen LogP contribution in [0, 0.1) is 11.8 Å². The summed E-state index contributed by atoms with van der Waals surface area (Å²) in [5.41, 5.74) is 0. The molecule has 52 valence electrons. The highest BCUT2D eigenvalue weighted by atomic mass is 16.5. The van der Waals surface area contributed by atoms with Crippen molar-refractivity contribution >= 4 is 5.78 Å². The summed E-state index contributed by atoms with van der Waals surface area (Å²) in [6, 6.07) is 0.